The number of nitrogens with one attached hydrogen (secondary N) is 1. The number of aliphatic hydroxyl groups excluding tert-OH is 1. The van der Waals surface area contributed by atoms with Crippen LogP contribution in [0.2, 0.25) is 0 Å². The molecule has 1 aliphatic heterocycles. The maximum atomic E-state index is 12.3. The van der Waals surface area contributed by atoms with Gasteiger partial charge in [-0.25, -0.2) is 4.79 Å². The number of nitrogens with two attached hydrogens (primary N) is 2. The molecule has 0 radical (unpaired) electrons. The van der Waals surface area contributed by atoms with Crippen LogP contribution in [0.3, 0.4) is 0 Å². The van der Waals surface area contributed by atoms with Crippen molar-refractivity contribution in [1.82, 2.24) is 14.5 Å². The number of β-amino-alcohol motifs (C(OH)–C–C–N with tert-alkyl or cyclic N) is 1. The van der Waals surface area contributed by atoms with E-state index in [1.54, 1.807) is 0 Å². The summed E-state index contributed by atoms with van der Waals surface area (Å²) in [5, 5.41) is 10.1. The molecule has 9 nitrogen and oxygen atoms in total. The zero-order chi connectivity index (χ0) is 17.0. The lowest BCUT2D eigenvalue weighted by molar-refractivity contribution is -0.132. The van der Waals surface area contributed by atoms with Gasteiger partial charge >= 0.3 is 5.69 Å². The minimum atomic E-state index is -0.890. The number of aliphatic hydroxyl groups is 1. The van der Waals surface area contributed by atoms with Gasteiger partial charge in [0.2, 0.25) is 5.91 Å². The van der Waals surface area contributed by atoms with Gasteiger partial charge in [0.05, 0.1) is 18.2 Å². The highest BCUT2D eigenvalue weighted by atomic mass is 16.3. The maximum absolute atomic E-state index is 12.3. The second-order valence-electron chi connectivity index (χ2n) is 5.79. The van der Waals surface area contributed by atoms with Gasteiger partial charge in [-0.2, -0.15) is 0 Å². The van der Waals surface area contributed by atoms with Crippen molar-refractivity contribution in [3.63, 3.8) is 0 Å². The molecule has 2 rings (SSSR count). The lowest BCUT2D eigenvalue weighted by Crippen LogP contribution is -2.43. The van der Waals surface area contributed by atoms with Crippen molar-refractivity contribution in [2.24, 2.45) is 11.5 Å². The van der Waals surface area contributed by atoms with Crippen LogP contribution in [0.4, 0.5) is 0 Å². The van der Waals surface area contributed by atoms with E-state index in [-0.39, 0.29) is 19.0 Å². The summed E-state index contributed by atoms with van der Waals surface area (Å²) in [7, 11) is 0. The Balaban J connectivity index is 2.04. The Kier molecular flexibility index (Phi) is 5.69. The van der Waals surface area contributed by atoms with Crippen molar-refractivity contribution >= 4 is 5.91 Å². The van der Waals surface area contributed by atoms with Gasteiger partial charge in [-0.1, -0.05) is 6.42 Å². The van der Waals surface area contributed by atoms with Crippen molar-refractivity contribution in [1.29, 1.82) is 0 Å². The molecule has 0 bridgehead atoms. The Morgan fingerprint density at radius 3 is 2.78 bits per heavy atom. The Morgan fingerprint density at radius 2 is 2.13 bits per heavy atom. The van der Waals surface area contributed by atoms with Crippen molar-refractivity contribution in [3.8, 4) is 0 Å². The molecular formula is C14H23N5O4. The number of carbonyl (C=O) groups excluding carboxylic acids is 1. The second-order valence-corrected chi connectivity index (χ2v) is 5.79. The molecule has 6 N–H and O–H groups in total. The Hall–Kier alpha value is -1.97. The van der Waals surface area contributed by atoms with E-state index in [9.17, 15) is 19.5 Å². The number of H-pyrrole nitrogens is 1. The number of rotatable bonds is 6. The lowest BCUT2D eigenvalue weighted by Gasteiger charge is -2.20. The third-order valence-corrected chi connectivity index (χ3v) is 4.07. The molecule has 3 atom stereocenters. The highest BCUT2D eigenvalue weighted by Crippen LogP contribution is 2.21. The van der Waals surface area contributed by atoms with Crippen molar-refractivity contribution in [2.45, 2.75) is 37.5 Å². The van der Waals surface area contributed by atoms with E-state index in [1.807, 2.05) is 0 Å². The van der Waals surface area contributed by atoms with Gasteiger partial charge in [0.1, 0.15) is 0 Å². The summed E-state index contributed by atoms with van der Waals surface area (Å²) in [5.74, 6) is -0.249. The molecule has 0 aliphatic carbocycles. The van der Waals surface area contributed by atoms with Crippen LogP contribution in [-0.2, 0) is 4.79 Å². The zero-order valence-electron chi connectivity index (χ0n) is 12.9. The van der Waals surface area contributed by atoms with Crippen LogP contribution in [0, 0.1) is 0 Å². The lowest BCUT2D eigenvalue weighted by atomic mass is 10.1. The molecule has 0 unspecified atom stereocenters. The average Bonchev–Trinajstić information content (AvgIpc) is 2.88. The van der Waals surface area contributed by atoms with E-state index >= 15 is 0 Å². The van der Waals surface area contributed by atoms with Crippen LogP contribution in [0.15, 0.2) is 21.9 Å². The van der Waals surface area contributed by atoms with E-state index < -0.39 is 29.4 Å². The molecule has 1 aromatic rings. The first-order valence-electron chi connectivity index (χ1n) is 7.68. The van der Waals surface area contributed by atoms with Crippen LogP contribution in [0.5, 0.6) is 0 Å². The fourth-order valence-corrected chi connectivity index (χ4v) is 2.78. The summed E-state index contributed by atoms with van der Waals surface area (Å²) >= 11 is 0. The maximum Gasteiger partial charge on any atom is 0.328 e. The summed E-state index contributed by atoms with van der Waals surface area (Å²) in [6.07, 6.45) is 2.54. The monoisotopic (exact) mass is 325 g/mol. The molecule has 9 heteroatoms. The smallest absolute Gasteiger partial charge is 0.328 e. The molecule has 0 spiro atoms. The van der Waals surface area contributed by atoms with Gasteiger partial charge in [-0.3, -0.25) is 19.1 Å². The van der Waals surface area contributed by atoms with Crippen LogP contribution < -0.4 is 22.7 Å². The van der Waals surface area contributed by atoms with Gasteiger partial charge in [0, 0.05) is 25.4 Å². The van der Waals surface area contributed by atoms with Gasteiger partial charge in [0.15, 0.2) is 0 Å². The van der Waals surface area contributed by atoms with E-state index in [4.69, 9.17) is 11.5 Å². The number of carbonyl (C=O) groups is 1. The summed E-state index contributed by atoms with van der Waals surface area (Å²) < 4.78 is 1.24. The number of nitrogens with zero attached hydrogens (tertiary/aromatic N) is 2. The van der Waals surface area contributed by atoms with Gasteiger partial charge in [-0.15, -0.1) is 0 Å². The fourth-order valence-electron chi connectivity index (χ4n) is 2.78. The number of likely N-dealkylation sites (tertiary alicyclic amines) is 1. The Morgan fingerprint density at radius 1 is 1.39 bits per heavy atom. The molecule has 128 valence electrons. The van der Waals surface area contributed by atoms with Gasteiger partial charge in [0.25, 0.3) is 5.56 Å². The fraction of sp³-hybridized carbons (Fsp3) is 0.643. The quantitative estimate of drug-likeness (QED) is 0.434. The summed E-state index contributed by atoms with van der Waals surface area (Å²) in [5.41, 5.74) is 10.2. The standard InChI is InChI=1S/C14H23N5O4/c15-5-2-1-3-9(16)13(22)18-7-10(11(20)8-18)19-6-4-12(21)17-14(19)23/h4,6,9-11,20H,1-3,5,7-8,15-16H2,(H,17,21,23)/t9-,10+,11+/m1/s1. The minimum Gasteiger partial charge on any atom is -0.389 e. The first-order chi connectivity index (χ1) is 10.9. The average molecular weight is 325 g/mol. The molecule has 2 heterocycles. The van der Waals surface area contributed by atoms with Crippen LogP contribution in [0.1, 0.15) is 25.3 Å². The summed E-state index contributed by atoms with van der Waals surface area (Å²) in [4.78, 5) is 38.8. The Bertz CT molecular complexity index is 655. The van der Waals surface area contributed by atoms with Crippen molar-refractivity contribution in [2.75, 3.05) is 19.6 Å². The number of unbranched alkanes of at least 4 members (excludes halogenated alkanes) is 1. The molecule has 1 fully saturated rings. The van der Waals surface area contributed by atoms with Crippen LogP contribution >= 0.6 is 0 Å². The van der Waals surface area contributed by atoms with Crippen LogP contribution in [0.25, 0.3) is 0 Å². The molecule has 1 aliphatic rings. The molecule has 0 saturated carbocycles. The second kappa shape index (κ2) is 7.53. The number of amides is 1. The number of hydrogen-bond donors (Lipinski definition) is 4. The molecule has 1 amide bonds. The van der Waals surface area contributed by atoms with Gasteiger partial charge in [-0.05, 0) is 19.4 Å². The van der Waals surface area contributed by atoms with Gasteiger partial charge < -0.3 is 21.5 Å². The predicted octanol–water partition coefficient (Wildman–Crippen LogP) is -2.26. The normalized spacial score (nSPS) is 22.3. The first kappa shape index (κ1) is 17.4. The highest BCUT2D eigenvalue weighted by molar-refractivity contribution is 5.82. The first-order valence-corrected chi connectivity index (χ1v) is 7.68. The third-order valence-electron chi connectivity index (χ3n) is 4.07. The molecule has 23 heavy (non-hydrogen) atoms. The van der Waals surface area contributed by atoms with Crippen molar-refractivity contribution < 1.29 is 9.90 Å². The third kappa shape index (κ3) is 4.06. The topological polar surface area (TPSA) is 147 Å². The molecular weight excluding hydrogens is 302 g/mol. The number of aromatic amines is 1. The molecule has 1 aromatic heterocycles. The van der Waals surface area contributed by atoms with E-state index in [1.165, 1.54) is 21.7 Å². The highest BCUT2D eigenvalue weighted by Gasteiger charge is 2.37. The summed E-state index contributed by atoms with van der Waals surface area (Å²) in [6.45, 7) is 0.844. The molecule has 1 saturated heterocycles. The van der Waals surface area contributed by atoms with Crippen molar-refractivity contribution in [3.05, 3.63) is 33.1 Å². The molecule has 0 aromatic carbocycles. The summed E-state index contributed by atoms with van der Waals surface area (Å²) in [6, 6.07) is -0.0312. The zero-order valence-corrected chi connectivity index (χ0v) is 12.9. The Labute approximate surface area is 132 Å². The largest absolute Gasteiger partial charge is 0.389 e. The predicted molar refractivity (Wildman–Crippen MR) is 83.8 cm³/mol. The van der Waals surface area contributed by atoms with E-state index in [0.717, 1.165) is 12.8 Å². The van der Waals surface area contributed by atoms with E-state index in [0.29, 0.717) is 13.0 Å². The van der Waals surface area contributed by atoms with Crippen LogP contribution in [-0.4, -0.2) is 57.2 Å². The van der Waals surface area contributed by atoms with E-state index in [2.05, 4.69) is 4.98 Å². The number of aromatic nitrogens is 2. The number of hydrogen-bond acceptors (Lipinski definition) is 6. The minimum absolute atomic E-state index is 0.111. The SMILES string of the molecule is NCCCC[C@@H](N)C(=O)N1C[C@H](O)[C@@H](n2ccc(=O)[nH]c2=O)C1.